The third-order valence-corrected chi connectivity index (χ3v) is 13.4. The smallest absolute Gasteiger partial charge is 0.227 e. The summed E-state index contributed by atoms with van der Waals surface area (Å²) in [6, 6.07) is 89.9. The van der Waals surface area contributed by atoms with E-state index in [1.54, 1.807) is 0 Å². The predicted molar refractivity (Wildman–Crippen MR) is 279 cm³/mol. The highest BCUT2D eigenvalue weighted by Gasteiger charge is 2.47. The Kier molecular flexibility index (Phi) is 9.61. The fourth-order valence-electron chi connectivity index (χ4n) is 10.3. The molecular formula is C63H42N4O2. The fraction of sp³-hybridized carbons (Fsp3) is 0.0159. The molecule has 0 unspecified atom stereocenters. The number of rotatable bonds is 10. The highest BCUT2D eigenvalue weighted by molar-refractivity contribution is 5.92. The van der Waals surface area contributed by atoms with Crippen LogP contribution in [0.2, 0.25) is 0 Å². The highest BCUT2D eigenvalue weighted by atomic mass is 16.4. The first kappa shape index (κ1) is 40.1. The van der Waals surface area contributed by atoms with Crippen LogP contribution in [0.3, 0.4) is 0 Å². The molecule has 0 saturated carbocycles. The number of oxazole rings is 2. The molecule has 0 fully saturated rings. The van der Waals surface area contributed by atoms with Crippen LogP contribution in [0, 0.1) is 0 Å². The summed E-state index contributed by atoms with van der Waals surface area (Å²) >= 11 is 0. The van der Waals surface area contributed by atoms with Crippen molar-refractivity contribution in [1.29, 1.82) is 0 Å². The quantitative estimate of drug-likeness (QED) is 0.136. The molecule has 1 aliphatic carbocycles. The van der Waals surface area contributed by atoms with Crippen molar-refractivity contribution in [3.05, 3.63) is 277 Å². The van der Waals surface area contributed by atoms with Crippen LogP contribution in [0.25, 0.3) is 56.2 Å². The SMILES string of the molecule is c1ccc(N(c2cccc(-c3nc4ccccc4o3)c2)c2ccc3c(c2)C(c2ccccc2)(c2ccccc2)c2cc(N(c4ccccc4)c4cccc(-c5nc6ccccc6o5)c4)ccc2-3)cc1. The molecule has 6 nitrogen and oxygen atoms in total. The van der Waals surface area contributed by atoms with E-state index >= 15 is 0 Å². The summed E-state index contributed by atoms with van der Waals surface area (Å²) in [6.07, 6.45) is 0. The number of benzene rings is 10. The molecule has 326 valence electrons. The summed E-state index contributed by atoms with van der Waals surface area (Å²) < 4.78 is 12.6. The van der Waals surface area contributed by atoms with E-state index < -0.39 is 5.41 Å². The minimum absolute atomic E-state index is 0.584. The van der Waals surface area contributed by atoms with Gasteiger partial charge in [0, 0.05) is 45.3 Å². The molecule has 0 aliphatic heterocycles. The van der Waals surface area contributed by atoms with E-state index in [1.165, 1.54) is 33.4 Å². The average molecular weight is 887 g/mol. The number of aromatic nitrogens is 2. The van der Waals surface area contributed by atoms with Gasteiger partial charge in [0.1, 0.15) is 11.0 Å². The number of hydrogen-bond donors (Lipinski definition) is 0. The van der Waals surface area contributed by atoms with Gasteiger partial charge in [-0.05, 0) is 143 Å². The lowest BCUT2D eigenvalue weighted by Gasteiger charge is -2.35. The van der Waals surface area contributed by atoms with Crippen molar-refractivity contribution >= 4 is 56.3 Å². The number of nitrogens with zero attached hydrogens (tertiary/aromatic N) is 4. The molecule has 1 aliphatic rings. The predicted octanol–water partition coefficient (Wildman–Crippen LogP) is 16.6. The van der Waals surface area contributed by atoms with Gasteiger partial charge in [0.2, 0.25) is 11.8 Å². The Bertz CT molecular complexity index is 3490. The lowest BCUT2D eigenvalue weighted by molar-refractivity contribution is 0.619. The summed E-state index contributed by atoms with van der Waals surface area (Å²) in [7, 11) is 0. The summed E-state index contributed by atoms with van der Waals surface area (Å²) in [5, 5.41) is 0. The minimum atomic E-state index is -0.704. The molecule has 0 saturated heterocycles. The average Bonchev–Trinajstić information content (AvgIpc) is 4.14. The van der Waals surface area contributed by atoms with Crippen LogP contribution in [0.5, 0.6) is 0 Å². The molecule has 0 N–H and O–H groups in total. The van der Waals surface area contributed by atoms with E-state index in [1.807, 2.05) is 48.5 Å². The first-order chi connectivity index (χ1) is 34.2. The second kappa shape index (κ2) is 16.6. The van der Waals surface area contributed by atoms with Gasteiger partial charge in [-0.25, -0.2) is 9.97 Å². The third kappa shape index (κ3) is 6.80. The van der Waals surface area contributed by atoms with E-state index in [9.17, 15) is 0 Å². The Morgan fingerprint density at radius 2 is 0.667 bits per heavy atom. The maximum Gasteiger partial charge on any atom is 0.227 e. The van der Waals surface area contributed by atoms with Gasteiger partial charge in [0.25, 0.3) is 0 Å². The molecule has 2 heterocycles. The van der Waals surface area contributed by atoms with Crippen LogP contribution in [0.1, 0.15) is 22.3 Å². The molecule has 0 amide bonds. The monoisotopic (exact) mass is 886 g/mol. The fourth-order valence-corrected chi connectivity index (χ4v) is 10.3. The molecule has 0 spiro atoms. The lowest BCUT2D eigenvalue weighted by atomic mass is 9.67. The van der Waals surface area contributed by atoms with Crippen LogP contribution in [-0.2, 0) is 5.41 Å². The molecule has 69 heavy (non-hydrogen) atoms. The minimum Gasteiger partial charge on any atom is -0.436 e. The van der Waals surface area contributed by atoms with Gasteiger partial charge in [0.05, 0.1) is 5.41 Å². The Balaban J connectivity index is 1.01. The summed E-state index contributed by atoms with van der Waals surface area (Å²) in [5.74, 6) is 1.17. The largest absolute Gasteiger partial charge is 0.436 e. The van der Waals surface area contributed by atoms with Crippen molar-refractivity contribution in [2.24, 2.45) is 0 Å². The van der Waals surface area contributed by atoms with Crippen molar-refractivity contribution in [2.45, 2.75) is 5.41 Å². The standard InChI is InChI=1S/C63H42N4O2/c1-5-21-45(22-6-1)63(46-23-7-2-8-24-46)55-41-51(66(47-25-9-3-10-26-47)49-29-17-19-43(39-49)61-64-57-31-13-15-33-59(57)68-61)35-37-53(55)54-38-36-52(42-56(54)63)67(48-27-11-4-12-28-48)50-30-18-20-44(40-50)62-65-58-32-14-16-34-60(58)69-62/h1-42H. The van der Waals surface area contributed by atoms with Crippen LogP contribution in [-0.4, -0.2) is 9.97 Å². The zero-order chi connectivity index (χ0) is 45.7. The maximum atomic E-state index is 6.30. The Morgan fingerprint density at radius 3 is 1.09 bits per heavy atom. The number of anilines is 6. The van der Waals surface area contributed by atoms with Crippen molar-refractivity contribution < 1.29 is 8.83 Å². The van der Waals surface area contributed by atoms with E-state index in [0.29, 0.717) is 11.8 Å². The van der Waals surface area contributed by atoms with Gasteiger partial charge < -0.3 is 18.6 Å². The zero-order valence-electron chi connectivity index (χ0n) is 37.4. The van der Waals surface area contributed by atoms with E-state index in [0.717, 1.165) is 67.5 Å². The maximum absolute atomic E-state index is 6.30. The molecule has 2 aromatic heterocycles. The van der Waals surface area contributed by atoms with Gasteiger partial charge in [-0.3, -0.25) is 0 Å². The molecule has 0 bridgehead atoms. The van der Waals surface area contributed by atoms with Crippen molar-refractivity contribution in [3.63, 3.8) is 0 Å². The second-order valence-corrected chi connectivity index (χ2v) is 17.4. The normalized spacial score (nSPS) is 12.5. The topological polar surface area (TPSA) is 58.5 Å². The zero-order valence-corrected chi connectivity index (χ0v) is 37.4. The number of para-hydroxylation sites is 6. The number of fused-ring (bicyclic) bond motifs is 5. The first-order valence-corrected chi connectivity index (χ1v) is 23.2. The second-order valence-electron chi connectivity index (χ2n) is 17.4. The van der Waals surface area contributed by atoms with Crippen molar-refractivity contribution in [3.8, 4) is 34.0 Å². The van der Waals surface area contributed by atoms with Gasteiger partial charge in [0.15, 0.2) is 11.2 Å². The van der Waals surface area contributed by atoms with E-state index in [4.69, 9.17) is 18.8 Å². The lowest BCUT2D eigenvalue weighted by Crippen LogP contribution is -2.29. The highest BCUT2D eigenvalue weighted by Crippen LogP contribution is 2.58. The Morgan fingerprint density at radius 1 is 0.304 bits per heavy atom. The molecule has 12 aromatic rings. The van der Waals surface area contributed by atoms with E-state index in [2.05, 4.69) is 216 Å². The van der Waals surface area contributed by atoms with Gasteiger partial charge in [-0.15, -0.1) is 0 Å². The molecular weight excluding hydrogens is 845 g/mol. The molecule has 6 heteroatoms. The van der Waals surface area contributed by atoms with Gasteiger partial charge >= 0.3 is 0 Å². The molecule has 0 radical (unpaired) electrons. The molecule has 13 rings (SSSR count). The van der Waals surface area contributed by atoms with E-state index in [-0.39, 0.29) is 0 Å². The van der Waals surface area contributed by atoms with Crippen molar-refractivity contribution in [2.75, 3.05) is 9.80 Å². The summed E-state index contributed by atoms with van der Waals surface area (Å²) in [4.78, 5) is 14.4. The van der Waals surface area contributed by atoms with Crippen LogP contribution >= 0.6 is 0 Å². The molecule has 0 atom stereocenters. The van der Waals surface area contributed by atoms with Crippen molar-refractivity contribution in [1.82, 2.24) is 9.97 Å². The summed E-state index contributed by atoms with van der Waals surface area (Å²) in [5.41, 5.74) is 17.5. The van der Waals surface area contributed by atoms with Crippen LogP contribution < -0.4 is 9.80 Å². The van der Waals surface area contributed by atoms with Crippen LogP contribution in [0.4, 0.5) is 34.1 Å². The first-order valence-electron chi connectivity index (χ1n) is 23.2. The summed E-state index contributed by atoms with van der Waals surface area (Å²) in [6.45, 7) is 0. The third-order valence-electron chi connectivity index (χ3n) is 13.4. The van der Waals surface area contributed by atoms with Gasteiger partial charge in [-0.2, -0.15) is 0 Å². The Labute approximate surface area is 399 Å². The molecule has 10 aromatic carbocycles. The van der Waals surface area contributed by atoms with Crippen LogP contribution in [0.15, 0.2) is 264 Å². The Hall–Kier alpha value is -9.26. The number of hydrogen-bond acceptors (Lipinski definition) is 6. The van der Waals surface area contributed by atoms with Gasteiger partial charge in [-0.1, -0.05) is 146 Å².